The first kappa shape index (κ1) is 11.9. The molecular weight excluding hydrogens is 292 g/mol. The van der Waals surface area contributed by atoms with Crippen LogP contribution in [0.5, 0.6) is 0 Å². The number of benzene rings is 1. The van der Waals surface area contributed by atoms with E-state index in [2.05, 4.69) is 31.2 Å². The maximum Gasteiger partial charge on any atom is 0.223 e. The Morgan fingerprint density at radius 1 is 1.18 bits per heavy atom. The maximum absolute atomic E-state index is 13.4. The van der Waals surface area contributed by atoms with Gasteiger partial charge in [-0.05, 0) is 18.2 Å². The third kappa shape index (κ3) is 3.20. The fourth-order valence-corrected chi connectivity index (χ4v) is 1.67. The Morgan fingerprint density at radius 2 is 1.88 bits per heavy atom. The first-order valence-corrected chi connectivity index (χ1v) is 5.60. The lowest BCUT2D eigenvalue weighted by atomic mass is 10.2. The minimum Gasteiger partial charge on any atom is -0.350 e. The van der Waals surface area contributed by atoms with E-state index in [1.165, 1.54) is 6.07 Å². The third-order valence-corrected chi connectivity index (χ3v) is 2.56. The Bertz CT molecular complexity index is 517. The van der Waals surface area contributed by atoms with Crippen molar-refractivity contribution in [1.82, 2.24) is 9.97 Å². The van der Waals surface area contributed by atoms with Crippen molar-refractivity contribution in [2.24, 2.45) is 0 Å². The average molecular weight is 300 g/mol. The quantitative estimate of drug-likeness (QED) is 0.946. The van der Waals surface area contributed by atoms with Crippen molar-refractivity contribution in [2.75, 3.05) is 5.32 Å². The van der Waals surface area contributed by atoms with E-state index in [0.29, 0.717) is 5.56 Å². The summed E-state index contributed by atoms with van der Waals surface area (Å²) in [4.78, 5) is 7.43. The predicted octanol–water partition coefficient (Wildman–Crippen LogP) is 3.13. The average Bonchev–Trinajstić information content (AvgIpc) is 2.32. The van der Waals surface area contributed by atoms with Crippen LogP contribution in [0.3, 0.4) is 0 Å². The van der Waals surface area contributed by atoms with Gasteiger partial charge in [0.2, 0.25) is 5.95 Å². The van der Waals surface area contributed by atoms with Crippen molar-refractivity contribution in [3.63, 3.8) is 0 Å². The molecule has 0 aliphatic heterocycles. The van der Waals surface area contributed by atoms with Crippen LogP contribution in [0.4, 0.5) is 14.7 Å². The molecule has 0 bridgehead atoms. The fraction of sp³-hybridized carbons (Fsp3) is 0.0909. The van der Waals surface area contributed by atoms with Crippen LogP contribution < -0.4 is 5.32 Å². The summed E-state index contributed by atoms with van der Waals surface area (Å²) in [5, 5.41) is 2.81. The van der Waals surface area contributed by atoms with E-state index in [9.17, 15) is 8.78 Å². The Balaban J connectivity index is 2.07. The van der Waals surface area contributed by atoms with Gasteiger partial charge in [-0.15, -0.1) is 0 Å². The van der Waals surface area contributed by atoms with Gasteiger partial charge >= 0.3 is 0 Å². The molecule has 0 radical (unpaired) electrons. The molecule has 3 nitrogen and oxygen atoms in total. The summed E-state index contributed by atoms with van der Waals surface area (Å²) >= 11 is 3.26. The highest BCUT2D eigenvalue weighted by Gasteiger charge is 2.03. The highest BCUT2D eigenvalue weighted by molar-refractivity contribution is 9.10. The van der Waals surface area contributed by atoms with E-state index in [1.807, 2.05) is 0 Å². The molecule has 0 saturated carbocycles. The topological polar surface area (TPSA) is 37.8 Å². The third-order valence-electron chi connectivity index (χ3n) is 2.07. The summed E-state index contributed by atoms with van der Waals surface area (Å²) in [7, 11) is 0. The van der Waals surface area contributed by atoms with E-state index in [0.717, 1.165) is 16.9 Å². The van der Waals surface area contributed by atoms with Crippen molar-refractivity contribution in [3.8, 4) is 0 Å². The van der Waals surface area contributed by atoms with Crippen molar-refractivity contribution < 1.29 is 8.78 Å². The molecule has 2 rings (SSSR count). The SMILES string of the molecule is Fc1cnc(NCc2cc(Br)ccc2F)nc1. The summed E-state index contributed by atoms with van der Waals surface area (Å²) in [6.07, 6.45) is 2.10. The van der Waals surface area contributed by atoms with Gasteiger partial charge < -0.3 is 5.32 Å². The second kappa shape index (κ2) is 5.18. The first-order chi connectivity index (χ1) is 8.15. The summed E-state index contributed by atoms with van der Waals surface area (Å²) in [6.45, 7) is 0.233. The van der Waals surface area contributed by atoms with Crippen molar-refractivity contribution >= 4 is 21.9 Å². The van der Waals surface area contributed by atoms with E-state index in [1.54, 1.807) is 12.1 Å². The fourth-order valence-electron chi connectivity index (χ4n) is 1.26. The van der Waals surface area contributed by atoms with Crippen LogP contribution in [0, 0.1) is 11.6 Å². The molecule has 1 aromatic carbocycles. The molecule has 1 aromatic heterocycles. The lowest BCUT2D eigenvalue weighted by Gasteiger charge is -2.06. The molecule has 1 N–H and O–H groups in total. The Kier molecular flexibility index (Phi) is 3.63. The van der Waals surface area contributed by atoms with Gasteiger partial charge in [-0.2, -0.15) is 0 Å². The monoisotopic (exact) mass is 299 g/mol. The number of hydrogen-bond acceptors (Lipinski definition) is 3. The lowest BCUT2D eigenvalue weighted by molar-refractivity contribution is 0.609. The molecule has 0 unspecified atom stereocenters. The van der Waals surface area contributed by atoms with Gasteiger partial charge in [0.25, 0.3) is 0 Å². The summed E-state index contributed by atoms with van der Waals surface area (Å²) < 4.78 is 26.7. The van der Waals surface area contributed by atoms with Crippen LogP contribution in [0.25, 0.3) is 0 Å². The molecule has 0 fully saturated rings. The number of rotatable bonds is 3. The largest absolute Gasteiger partial charge is 0.350 e. The summed E-state index contributed by atoms with van der Waals surface area (Å²) in [5.74, 6) is -0.572. The predicted molar refractivity (Wildman–Crippen MR) is 63.4 cm³/mol. The molecule has 0 atom stereocenters. The zero-order chi connectivity index (χ0) is 12.3. The summed E-state index contributed by atoms with van der Waals surface area (Å²) in [6, 6.07) is 4.64. The van der Waals surface area contributed by atoms with Gasteiger partial charge in [-0.1, -0.05) is 15.9 Å². The van der Waals surface area contributed by atoms with Gasteiger partial charge in [0.15, 0.2) is 5.82 Å². The van der Waals surface area contributed by atoms with Crippen molar-refractivity contribution in [2.45, 2.75) is 6.54 Å². The Hall–Kier alpha value is -1.56. The molecule has 0 spiro atoms. The maximum atomic E-state index is 13.4. The number of nitrogens with zero attached hydrogens (tertiary/aromatic N) is 2. The van der Waals surface area contributed by atoms with Gasteiger partial charge in [-0.3, -0.25) is 0 Å². The zero-order valence-corrected chi connectivity index (χ0v) is 10.2. The lowest BCUT2D eigenvalue weighted by Crippen LogP contribution is -2.05. The van der Waals surface area contributed by atoms with E-state index in [-0.39, 0.29) is 18.3 Å². The zero-order valence-electron chi connectivity index (χ0n) is 8.62. The van der Waals surface area contributed by atoms with Crippen LogP contribution in [0.2, 0.25) is 0 Å². The Morgan fingerprint density at radius 3 is 2.59 bits per heavy atom. The molecule has 6 heteroatoms. The second-order valence-electron chi connectivity index (χ2n) is 3.31. The van der Waals surface area contributed by atoms with Crippen LogP contribution in [0.1, 0.15) is 5.56 Å². The molecular formula is C11H8BrF2N3. The van der Waals surface area contributed by atoms with Gasteiger partial charge in [0.05, 0.1) is 12.4 Å². The molecule has 88 valence electrons. The molecule has 0 amide bonds. The summed E-state index contributed by atoms with van der Waals surface area (Å²) in [5.41, 5.74) is 0.479. The van der Waals surface area contributed by atoms with Gasteiger partial charge in [-0.25, -0.2) is 18.7 Å². The number of hydrogen-bond donors (Lipinski definition) is 1. The standard InChI is InChI=1S/C11H8BrF2N3/c12-8-1-2-10(14)7(3-8)4-15-11-16-5-9(13)6-17-11/h1-3,5-6H,4H2,(H,15,16,17). The van der Waals surface area contributed by atoms with Crippen LogP contribution in [0.15, 0.2) is 35.1 Å². The Labute approximate surface area is 105 Å². The molecule has 0 saturated heterocycles. The minimum absolute atomic E-state index is 0.233. The van der Waals surface area contributed by atoms with Crippen LogP contribution in [-0.2, 0) is 6.54 Å². The molecule has 2 aromatic rings. The van der Waals surface area contributed by atoms with Crippen LogP contribution in [-0.4, -0.2) is 9.97 Å². The normalized spacial score (nSPS) is 10.3. The number of nitrogens with one attached hydrogen (secondary N) is 1. The van der Waals surface area contributed by atoms with Crippen molar-refractivity contribution in [3.05, 3.63) is 52.3 Å². The minimum atomic E-state index is -0.510. The second-order valence-corrected chi connectivity index (χ2v) is 4.23. The molecule has 17 heavy (non-hydrogen) atoms. The van der Waals surface area contributed by atoms with Gasteiger partial charge in [0.1, 0.15) is 5.82 Å². The van der Waals surface area contributed by atoms with Crippen LogP contribution >= 0.6 is 15.9 Å². The molecule has 1 heterocycles. The number of anilines is 1. The molecule has 0 aliphatic rings. The van der Waals surface area contributed by atoms with E-state index >= 15 is 0 Å². The van der Waals surface area contributed by atoms with E-state index in [4.69, 9.17) is 0 Å². The van der Waals surface area contributed by atoms with E-state index < -0.39 is 5.82 Å². The number of halogens is 3. The van der Waals surface area contributed by atoms with Gasteiger partial charge in [0, 0.05) is 16.6 Å². The highest BCUT2D eigenvalue weighted by atomic mass is 79.9. The van der Waals surface area contributed by atoms with Crippen molar-refractivity contribution in [1.29, 1.82) is 0 Å². The first-order valence-electron chi connectivity index (χ1n) is 4.80. The smallest absolute Gasteiger partial charge is 0.223 e. The number of aromatic nitrogens is 2. The molecule has 0 aliphatic carbocycles. The highest BCUT2D eigenvalue weighted by Crippen LogP contribution is 2.16.